The fourth-order valence-corrected chi connectivity index (χ4v) is 3.83. The lowest BCUT2D eigenvalue weighted by atomic mass is 10.1. The lowest BCUT2D eigenvalue weighted by molar-refractivity contribution is -0.122. The Morgan fingerprint density at radius 2 is 1.90 bits per heavy atom. The highest BCUT2D eigenvalue weighted by atomic mass is 16.2. The largest absolute Gasteiger partial charge is 0.295 e. The minimum Gasteiger partial charge on any atom is -0.295 e. The molecule has 144 valence electrons. The maximum atomic E-state index is 12.9. The summed E-state index contributed by atoms with van der Waals surface area (Å²) in [5, 5.41) is 4.78. The van der Waals surface area contributed by atoms with Gasteiger partial charge in [0.2, 0.25) is 0 Å². The van der Waals surface area contributed by atoms with Crippen LogP contribution in [0.4, 0.5) is 0 Å². The molecule has 2 aliphatic heterocycles. The molecule has 0 spiro atoms. The summed E-state index contributed by atoms with van der Waals surface area (Å²) in [7, 11) is 0. The summed E-state index contributed by atoms with van der Waals surface area (Å²) in [4.78, 5) is 23.7. The molecule has 0 radical (unpaired) electrons. The highest BCUT2D eigenvalue weighted by molar-refractivity contribution is 6.14. The van der Waals surface area contributed by atoms with Gasteiger partial charge in [0.25, 0.3) is 5.91 Å². The Kier molecular flexibility index (Phi) is 4.52. The van der Waals surface area contributed by atoms with Crippen molar-refractivity contribution in [3.63, 3.8) is 0 Å². The SMILES string of the molecule is O=C1/C(=C\c2cn(-c3ccccc3)nc2-c2cccnc2)N=C2CCCCCN12. The van der Waals surface area contributed by atoms with E-state index in [2.05, 4.69) is 9.98 Å². The van der Waals surface area contributed by atoms with Gasteiger partial charge in [-0.05, 0) is 43.2 Å². The third-order valence-corrected chi connectivity index (χ3v) is 5.30. The maximum Gasteiger partial charge on any atom is 0.277 e. The first-order valence-electron chi connectivity index (χ1n) is 9.96. The Balaban J connectivity index is 1.60. The zero-order chi connectivity index (χ0) is 19.6. The van der Waals surface area contributed by atoms with Crippen molar-refractivity contribution in [2.45, 2.75) is 25.7 Å². The normalized spacial score (nSPS) is 17.9. The van der Waals surface area contributed by atoms with Crippen LogP contribution in [0.15, 0.2) is 71.7 Å². The summed E-state index contributed by atoms with van der Waals surface area (Å²) in [6.07, 6.45) is 11.5. The molecule has 0 saturated carbocycles. The lowest BCUT2D eigenvalue weighted by Crippen LogP contribution is -2.31. The van der Waals surface area contributed by atoms with Crippen LogP contribution in [-0.4, -0.2) is 38.0 Å². The van der Waals surface area contributed by atoms with E-state index in [1.165, 1.54) is 0 Å². The van der Waals surface area contributed by atoms with Gasteiger partial charge in [-0.2, -0.15) is 5.10 Å². The lowest BCUT2D eigenvalue weighted by Gasteiger charge is -2.13. The fourth-order valence-electron chi connectivity index (χ4n) is 3.83. The van der Waals surface area contributed by atoms with Gasteiger partial charge in [-0.1, -0.05) is 24.6 Å². The molecule has 0 unspecified atom stereocenters. The van der Waals surface area contributed by atoms with E-state index < -0.39 is 0 Å². The molecule has 5 rings (SSSR count). The third kappa shape index (κ3) is 3.38. The van der Waals surface area contributed by atoms with Crippen molar-refractivity contribution in [1.29, 1.82) is 0 Å². The molecule has 1 amide bonds. The van der Waals surface area contributed by atoms with Crippen LogP contribution >= 0.6 is 0 Å². The number of carbonyl (C=O) groups is 1. The van der Waals surface area contributed by atoms with Gasteiger partial charge in [0.1, 0.15) is 17.2 Å². The number of aromatic nitrogens is 3. The molecule has 0 N–H and O–H groups in total. The zero-order valence-corrected chi connectivity index (χ0v) is 16.0. The van der Waals surface area contributed by atoms with Crippen LogP contribution < -0.4 is 0 Å². The summed E-state index contributed by atoms with van der Waals surface area (Å²) < 4.78 is 1.83. The summed E-state index contributed by atoms with van der Waals surface area (Å²) in [6.45, 7) is 0.758. The molecule has 6 nitrogen and oxygen atoms in total. The first-order chi connectivity index (χ1) is 14.3. The highest BCUT2D eigenvalue weighted by Gasteiger charge is 2.31. The van der Waals surface area contributed by atoms with Crippen LogP contribution in [0, 0.1) is 0 Å². The highest BCUT2D eigenvalue weighted by Crippen LogP contribution is 2.28. The fraction of sp³-hybridized carbons (Fsp3) is 0.217. The zero-order valence-electron chi connectivity index (χ0n) is 16.0. The molecule has 1 saturated heterocycles. The molecule has 4 heterocycles. The van der Waals surface area contributed by atoms with Gasteiger partial charge in [0.15, 0.2) is 0 Å². The maximum absolute atomic E-state index is 12.9. The number of nitrogens with zero attached hydrogens (tertiary/aromatic N) is 5. The van der Waals surface area contributed by atoms with Gasteiger partial charge in [0.05, 0.1) is 5.69 Å². The molecule has 0 aliphatic carbocycles. The van der Waals surface area contributed by atoms with Crippen LogP contribution in [-0.2, 0) is 4.79 Å². The van der Waals surface area contributed by atoms with Crippen LogP contribution in [0.1, 0.15) is 31.2 Å². The Morgan fingerprint density at radius 3 is 2.72 bits per heavy atom. The monoisotopic (exact) mass is 383 g/mol. The average Bonchev–Trinajstić information content (AvgIpc) is 3.22. The number of fused-ring (bicyclic) bond motifs is 1. The number of amidine groups is 1. The van der Waals surface area contributed by atoms with Gasteiger partial charge >= 0.3 is 0 Å². The van der Waals surface area contributed by atoms with Crippen molar-refractivity contribution >= 4 is 17.8 Å². The van der Waals surface area contributed by atoms with Crippen molar-refractivity contribution < 1.29 is 4.79 Å². The topological polar surface area (TPSA) is 63.4 Å². The van der Waals surface area contributed by atoms with E-state index in [0.29, 0.717) is 5.70 Å². The second-order valence-corrected chi connectivity index (χ2v) is 7.28. The average molecular weight is 383 g/mol. The summed E-state index contributed by atoms with van der Waals surface area (Å²) in [6, 6.07) is 13.8. The van der Waals surface area contributed by atoms with E-state index in [4.69, 9.17) is 5.10 Å². The molecule has 3 aromatic rings. The molecule has 2 aromatic heterocycles. The molecule has 0 bridgehead atoms. The Morgan fingerprint density at radius 1 is 1.00 bits per heavy atom. The van der Waals surface area contributed by atoms with Crippen LogP contribution in [0.5, 0.6) is 0 Å². The number of carbonyl (C=O) groups excluding carboxylic acids is 1. The third-order valence-electron chi connectivity index (χ3n) is 5.30. The van der Waals surface area contributed by atoms with Gasteiger partial charge < -0.3 is 0 Å². The van der Waals surface area contributed by atoms with Crippen LogP contribution in [0.2, 0.25) is 0 Å². The number of hydrogen-bond donors (Lipinski definition) is 0. The van der Waals surface area contributed by atoms with Crippen molar-refractivity contribution in [3.05, 3.63) is 72.3 Å². The van der Waals surface area contributed by atoms with Crippen molar-refractivity contribution in [3.8, 4) is 16.9 Å². The molecule has 1 fully saturated rings. The van der Waals surface area contributed by atoms with E-state index in [1.807, 2.05) is 64.3 Å². The van der Waals surface area contributed by atoms with Crippen molar-refractivity contribution in [2.75, 3.05) is 6.54 Å². The Bertz CT molecular complexity index is 1100. The number of benzene rings is 1. The molecular weight excluding hydrogens is 362 g/mol. The van der Waals surface area contributed by atoms with Gasteiger partial charge in [0, 0.05) is 42.7 Å². The molecule has 2 aliphatic rings. The molecule has 0 atom stereocenters. The molecule has 29 heavy (non-hydrogen) atoms. The van der Waals surface area contributed by atoms with E-state index >= 15 is 0 Å². The van der Waals surface area contributed by atoms with Crippen LogP contribution in [0.25, 0.3) is 23.0 Å². The second-order valence-electron chi connectivity index (χ2n) is 7.28. The molecular formula is C23H21N5O. The van der Waals surface area contributed by atoms with E-state index in [9.17, 15) is 4.79 Å². The minimum atomic E-state index is -0.00787. The Labute approximate surface area is 169 Å². The van der Waals surface area contributed by atoms with E-state index in [0.717, 1.165) is 60.6 Å². The predicted octanol–water partition coefficient (Wildman–Crippen LogP) is 4.09. The van der Waals surface area contributed by atoms with Crippen molar-refractivity contribution in [2.24, 2.45) is 4.99 Å². The number of pyridine rings is 1. The first-order valence-corrected chi connectivity index (χ1v) is 9.96. The number of hydrogen-bond acceptors (Lipinski definition) is 4. The van der Waals surface area contributed by atoms with E-state index in [1.54, 1.807) is 12.4 Å². The molecule has 6 heteroatoms. The number of aliphatic imine (C=N–C) groups is 1. The van der Waals surface area contributed by atoms with Crippen LogP contribution in [0.3, 0.4) is 0 Å². The summed E-state index contributed by atoms with van der Waals surface area (Å²) >= 11 is 0. The Hall–Kier alpha value is -3.54. The quantitative estimate of drug-likeness (QED) is 0.640. The van der Waals surface area contributed by atoms with Gasteiger partial charge in [-0.15, -0.1) is 0 Å². The number of para-hydroxylation sites is 1. The number of rotatable bonds is 3. The van der Waals surface area contributed by atoms with E-state index in [-0.39, 0.29) is 5.91 Å². The predicted molar refractivity (Wildman–Crippen MR) is 112 cm³/mol. The standard InChI is InChI=1S/C23H21N5O/c29-23-20(25-21-11-5-2-6-13-27(21)23)14-18-16-28(19-9-3-1-4-10-19)26-22(18)17-8-7-12-24-15-17/h1,3-4,7-10,12,14-16H,2,5-6,11,13H2/b20-14+. The second kappa shape index (κ2) is 7.47. The number of amides is 1. The van der Waals surface area contributed by atoms with Gasteiger partial charge in [-0.3, -0.25) is 14.7 Å². The minimum absolute atomic E-state index is 0.00787. The summed E-state index contributed by atoms with van der Waals surface area (Å²) in [5.41, 5.74) is 3.98. The first kappa shape index (κ1) is 17.6. The smallest absolute Gasteiger partial charge is 0.277 e. The van der Waals surface area contributed by atoms with Crippen molar-refractivity contribution in [1.82, 2.24) is 19.7 Å². The summed E-state index contributed by atoms with van der Waals surface area (Å²) in [5.74, 6) is 0.892. The van der Waals surface area contributed by atoms with Gasteiger partial charge in [-0.25, -0.2) is 9.67 Å². The molecule has 1 aromatic carbocycles.